The van der Waals surface area contributed by atoms with Crippen LogP contribution in [-0.2, 0) is 14.8 Å². The second-order valence-electron chi connectivity index (χ2n) is 8.39. The lowest BCUT2D eigenvalue weighted by Gasteiger charge is -2.43. The van der Waals surface area contributed by atoms with E-state index in [0.717, 1.165) is 10.4 Å². The summed E-state index contributed by atoms with van der Waals surface area (Å²) in [6, 6.07) is 11.6. The summed E-state index contributed by atoms with van der Waals surface area (Å²) in [7, 11) is -2.02. The van der Waals surface area contributed by atoms with E-state index in [2.05, 4.69) is 16.8 Å². The van der Waals surface area contributed by atoms with Crippen molar-refractivity contribution in [2.45, 2.75) is 30.7 Å². The number of likely N-dealkylation sites (tertiary alicyclic amines) is 1. The summed E-state index contributed by atoms with van der Waals surface area (Å²) in [5, 5.41) is 9.45. The van der Waals surface area contributed by atoms with Gasteiger partial charge in [-0.3, -0.25) is 4.79 Å². The molecule has 0 radical (unpaired) electrons. The molecular weight excluding hydrogens is 452 g/mol. The molecule has 34 heavy (non-hydrogen) atoms. The average Bonchev–Trinajstić information content (AvgIpc) is 3.29. The number of pyridine rings is 1. The fraction of sp³-hybridized carbons (Fsp3) is 0.333. The van der Waals surface area contributed by atoms with Crippen LogP contribution in [0.25, 0.3) is 15.9 Å². The molecular formula is C24H24N6O3S. The van der Waals surface area contributed by atoms with Crippen molar-refractivity contribution < 1.29 is 13.2 Å². The molecule has 0 aliphatic carbocycles. The molecule has 10 heteroatoms. The molecule has 1 aliphatic heterocycles. The summed E-state index contributed by atoms with van der Waals surface area (Å²) < 4.78 is 27.6. The SMILES string of the molecule is [C-]#[N+]c1cnc2c(ccn2S(=O)(=O)c2ccccc2)c1N(C)C1CN(C(=O)CC#N)CC[C@H]1C. The molecule has 4 rings (SSSR count). The van der Waals surface area contributed by atoms with E-state index in [0.29, 0.717) is 29.9 Å². The number of rotatable bonds is 5. The minimum absolute atomic E-state index is 0.114. The third kappa shape index (κ3) is 3.97. The predicted molar refractivity (Wildman–Crippen MR) is 128 cm³/mol. The van der Waals surface area contributed by atoms with E-state index in [1.165, 1.54) is 24.5 Å². The molecule has 1 aliphatic rings. The Kier molecular flexibility index (Phi) is 6.27. The highest BCUT2D eigenvalue weighted by Gasteiger charge is 2.33. The normalized spacial score (nSPS) is 18.3. The third-order valence-electron chi connectivity index (χ3n) is 6.41. The first kappa shape index (κ1) is 23.3. The highest BCUT2D eigenvalue weighted by atomic mass is 32.2. The zero-order valence-electron chi connectivity index (χ0n) is 18.9. The number of amides is 1. The first-order chi connectivity index (χ1) is 16.3. The van der Waals surface area contributed by atoms with E-state index in [-0.39, 0.29) is 34.8 Å². The van der Waals surface area contributed by atoms with E-state index in [1.807, 2.05) is 18.0 Å². The maximum atomic E-state index is 13.3. The van der Waals surface area contributed by atoms with Crippen molar-refractivity contribution in [3.05, 3.63) is 60.2 Å². The minimum Gasteiger partial charge on any atom is -0.378 e. The Labute approximate surface area is 198 Å². The number of anilines is 1. The Bertz CT molecular complexity index is 1420. The Morgan fingerprint density at radius 1 is 1.32 bits per heavy atom. The Morgan fingerprint density at radius 2 is 2.06 bits per heavy atom. The van der Waals surface area contributed by atoms with Crippen molar-refractivity contribution in [3.63, 3.8) is 0 Å². The predicted octanol–water partition coefficient (Wildman–Crippen LogP) is 3.41. The number of hydrogen-bond donors (Lipinski definition) is 0. The van der Waals surface area contributed by atoms with Gasteiger partial charge in [-0.2, -0.15) is 5.26 Å². The van der Waals surface area contributed by atoms with Crippen LogP contribution in [0.1, 0.15) is 19.8 Å². The molecule has 1 fully saturated rings. The second-order valence-corrected chi connectivity index (χ2v) is 10.2. The number of fused-ring (bicyclic) bond motifs is 1. The molecule has 0 bridgehead atoms. The van der Waals surface area contributed by atoms with Crippen molar-refractivity contribution in [1.29, 1.82) is 5.26 Å². The van der Waals surface area contributed by atoms with Crippen molar-refractivity contribution >= 4 is 38.3 Å². The van der Waals surface area contributed by atoms with Gasteiger partial charge in [0.1, 0.15) is 6.42 Å². The first-order valence-electron chi connectivity index (χ1n) is 10.8. The zero-order chi connectivity index (χ0) is 24.5. The summed E-state index contributed by atoms with van der Waals surface area (Å²) in [5.41, 5.74) is 1.12. The molecule has 3 heterocycles. The molecule has 174 valence electrons. The topological polar surface area (TPSA) is 104 Å². The highest BCUT2D eigenvalue weighted by molar-refractivity contribution is 7.90. The Balaban J connectivity index is 1.79. The summed E-state index contributed by atoms with van der Waals surface area (Å²) in [4.78, 5) is 24.1. The van der Waals surface area contributed by atoms with Gasteiger partial charge in [-0.1, -0.05) is 25.1 Å². The van der Waals surface area contributed by atoms with Gasteiger partial charge in [0.05, 0.1) is 23.2 Å². The lowest BCUT2D eigenvalue weighted by atomic mass is 9.91. The van der Waals surface area contributed by atoms with Crippen LogP contribution in [-0.4, -0.2) is 54.4 Å². The molecule has 2 aromatic heterocycles. The summed E-state index contributed by atoms with van der Waals surface area (Å²) >= 11 is 0. The van der Waals surface area contributed by atoms with Crippen LogP contribution in [0.5, 0.6) is 0 Å². The quantitative estimate of drug-likeness (QED) is 0.523. The fourth-order valence-corrected chi connectivity index (χ4v) is 5.84. The molecule has 1 amide bonds. The van der Waals surface area contributed by atoms with E-state index >= 15 is 0 Å². The van der Waals surface area contributed by atoms with Gasteiger partial charge < -0.3 is 9.80 Å². The van der Waals surface area contributed by atoms with Crippen LogP contribution in [0.2, 0.25) is 0 Å². The largest absolute Gasteiger partial charge is 0.378 e. The number of carbonyl (C=O) groups is 1. The van der Waals surface area contributed by atoms with Crippen LogP contribution in [0.3, 0.4) is 0 Å². The van der Waals surface area contributed by atoms with Gasteiger partial charge in [0.25, 0.3) is 10.0 Å². The number of likely N-dealkylation sites (N-methyl/N-ethyl adjacent to an activating group) is 1. The number of hydrogen-bond acceptors (Lipinski definition) is 6. The monoisotopic (exact) mass is 476 g/mol. The lowest BCUT2D eigenvalue weighted by molar-refractivity contribution is -0.131. The van der Waals surface area contributed by atoms with Crippen LogP contribution in [0.15, 0.2) is 53.7 Å². The molecule has 0 spiro atoms. The van der Waals surface area contributed by atoms with Crippen molar-refractivity contribution in [2.75, 3.05) is 25.0 Å². The maximum absolute atomic E-state index is 13.3. The van der Waals surface area contributed by atoms with Crippen molar-refractivity contribution in [1.82, 2.24) is 13.9 Å². The number of aromatic nitrogens is 2. The fourth-order valence-electron chi connectivity index (χ4n) is 4.52. The van der Waals surface area contributed by atoms with E-state index in [1.54, 1.807) is 29.2 Å². The first-order valence-corrected chi connectivity index (χ1v) is 12.3. The average molecular weight is 477 g/mol. The molecule has 9 nitrogen and oxygen atoms in total. The van der Waals surface area contributed by atoms with Gasteiger partial charge >= 0.3 is 0 Å². The number of piperidine rings is 1. The summed E-state index contributed by atoms with van der Waals surface area (Å²) in [6.45, 7) is 10.8. The van der Waals surface area contributed by atoms with Crippen LogP contribution < -0.4 is 4.90 Å². The van der Waals surface area contributed by atoms with Gasteiger partial charge in [0.15, 0.2) is 5.65 Å². The third-order valence-corrected chi connectivity index (χ3v) is 8.09. The van der Waals surface area contributed by atoms with E-state index in [9.17, 15) is 13.2 Å². The van der Waals surface area contributed by atoms with Gasteiger partial charge in [-0.05, 0) is 30.5 Å². The van der Waals surface area contributed by atoms with E-state index in [4.69, 9.17) is 11.8 Å². The summed E-state index contributed by atoms with van der Waals surface area (Å²) in [6.07, 6.45) is 3.44. The molecule has 1 saturated heterocycles. The highest BCUT2D eigenvalue weighted by Crippen LogP contribution is 2.39. The molecule has 3 aromatic rings. The molecule has 1 unspecified atom stereocenters. The number of nitrogens with zero attached hydrogens (tertiary/aromatic N) is 6. The van der Waals surface area contributed by atoms with Crippen molar-refractivity contribution in [2.24, 2.45) is 5.92 Å². The van der Waals surface area contributed by atoms with Crippen LogP contribution in [0.4, 0.5) is 11.4 Å². The smallest absolute Gasteiger partial charge is 0.269 e. The van der Waals surface area contributed by atoms with Gasteiger partial charge in [-0.15, -0.1) is 0 Å². The lowest BCUT2D eigenvalue weighted by Crippen LogP contribution is -2.52. The van der Waals surface area contributed by atoms with Gasteiger partial charge in [0.2, 0.25) is 11.6 Å². The Morgan fingerprint density at radius 3 is 2.74 bits per heavy atom. The van der Waals surface area contributed by atoms with Gasteiger partial charge in [0, 0.05) is 44.0 Å². The van der Waals surface area contributed by atoms with Crippen molar-refractivity contribution in [3.8, 4) is 6.07 Å². The standard InChI is InChI=1S/C24H24N6O3S/c1-17-10-13-29(22(31)9-12-25)16-21(17)28(3)23-19-11-14-30(24(19)27-15-20(23)26-2)34(32,33)18-7-5-4-6-8-18/h4-8,11,14-15,17,21H,9-10,13,16H2,1,3H3/t17-,21?/m1/s1. The molecule has 2 atom stereocenters. The number of carbonyl (C=O) groups excluding carboxylic acids is 1. The van der Waals surface area contributed by atoms with Crippen LogP contribution in [0, 0.1) is 23.8 Å². The molecule has 0 N–H and O–H groups in total. The molecule has 1 aromatic carbocycles. The number of nitriles is 1. The Hall–Kier alpha value is -3.89. The van der Waals surface area contributed by atoms with E-state index < -0.39 is 10.0 Å². The van der Waals surface area contributed by atoms with Crippen LogP contribution >= 0.6 is 0 Å². The minimum atomic E-state index is -3.87. The van der Waals surface area contributed by atoms with Gasteiger partial charge in [-0.25, -0.2) is 22.2 Å². The number of benzene rings is 1. The molecule has 0 saturated carbocycles. The second kappa shape index (κ2) is 9.16. The summed E-state index contributed by atoms with van der Waals surface area (Å²) in [5.74, 6) is 0.00579. The zero-order valence-corrected chi connectivity index (χ0v) is 19.7. The maximum Gasteiger partial charge on any atom is 0.269 e.